The van der Waals surface area contributed by atoms with Crippen LogP contribution in [-0.2, 0) is 16.0 Å². The molecule has 0 saturated heterocycles. The highest BCUT2D eigenvalue weighted by molar-refractivity contribution is 5.75. The number of fused-ring (bicyclic) bond motifs is 5. The largest absolute Gasteiger partial charge is 0.497 e. The van der Waals surface area contributed by atoms with Gasteiger partial charge in [0.1, 0.15) is 11.8 Å². The molecule has 1 aromatic carbocycles. The van der Waals surface area contributed by atoms with Crippen molar-refractivity contribution in [3.63, 3.8) is 0 Å². The number of methoxy groups -OCH3 is 2. The first-order valence-corrected chi connectivity index (χ1v) is 11.7. The molecule has 5 heteroatoms. The summed E-state index contributed by atoms with van der Waals surface area (Å²) in [4.78, 5) is 11.5. The average Bonchev–Trinajstić information content (AvgIpc) is 3.11. The van der Waals surface area contributed by atoms with E-state index in [0.29, 0.717) is 17.9 Å². The number of benzene rings is 1. The van der Waals surface area contributed by atoms with E-state index in [2.05, 4.69) is 30.4 Å². The number of aryl methyl sites for hydroxylation is 1. The van der Waals surface area contributed by atoms with Crippen molar-refractivity contribution in [3.05, 3.63) is 29.3 Å². The van der Waals surface area contributed by atoms with Crippen LogP contribution in [-0.4, -0.2) is 38.8 Å². The molecule has 1 aromatic rings. The lowest BCUT2D eigenvalue weighted by molar-refractivity contribution is -0.142. The second-order valence-electron chi connectivity index (χ2n) is 9.88. The van der Waals surface area contributed by atoms with E-state index in [1.165, 1.54) is 51.2 Å². The molecule has 3 aliphatic carbocycles. The van der Waals surface area contributed by atoms with Gasteiger partial charge in [0, 0.05) is 6.04 Å². The molecule has 3 aliphatic rings. The molecule has 0 radical (unpaired) electrons. The molecule has 0 aromatic heterocycles. The molecule has 0 amide bonds. The highest BCUT2D eigenvalue weighted by Crippen LogP contribution is 2.60. The summed E-state index contributed by atoms with van der Waals surface area (Å²) in [7, 11) is 3.16. The van der Waals surface area contributed by atoms with E-state index < -0.39 is 6.04 Å². The number of ether oxygens (including phenoxy) is 2. The predicted molar refractivity (Wildman–Crippen MR) is 119 cm³/mol. The van der Waals surface area contributed by atoms with Crippen LogP contribution in [0, 0.1) is 17.3 Å². The van der Waals surface area contributed by atoms with Gasteiger partial charge in [-0.25, -0.2) is 0 Å². The number of hydrogen-bond acceptors (Lipinski definition) is 5. The first kappa shape index (κ1) is 21.6. The summed E-state index contributed by atoms with van der Waals surface area (Å²) in [5, 5.41) is 3.84. The van der Waals surface area contributed by atoms with Crippen LogP contribution in [0.3, 0.4) is 0 Å². The normalized spacial score (nSPS) is 33.2. The van der Waals surface area contributed by atoms with E-state index in [-0.39, 0.29) is 5.97 Å². The number of nitrogens with two attached hydrogens (primary N) is 1. The molecule has 0 bridgehead atoms. The lowest BCUT2D eigenvalue weighted by Crippen LogP contribution is -2.49. The summed E-state index contributed by atoms with van der Waals surface area (Å²) in [6.07, 6.45) is 9.28. The molecule has 0 aliphatic heterocycles. The summed E-state index contributed by atoms with van der Waals surface area (Å²) >= 11 is 0. The molecular weight excluding hydrogens is 376 g/mol. The maximum absolute atomic E-state index is 11.5. The second kappa shape index (κ2) is 8.88. The van der Waals surface area contributed by atoms with Gasteiger partial charge in [-0.05, 0) is 104 Å². The quantitative estimate of drug-likeness (QED) is 0.525. The number of nitrogens with one attached hydrogen (secondary N) is 1. The van der Waals surface area contributed by atoms with Gasteiger partial charge in [0.15, 0.2) is 0 Å². The summed E-state index contributed by atoms with van der Waals surface area (Å²) in [6, 6.07) is 6.82. The van der Waals surface area contributed by atoms with Crippen LogP contribution < -0.4 is 15.8 Å². The second-order valence-corrected chi connectivity index (χ2v) is 9.88. The maximum atomic E-state index is 11.5. The highest BCUT2D eigenvalue weighted by atomic mass is 16.5. The van der Waals surface area contributed by atoms with Gasteiger partial charge in [-0.1, -0.05) is 13.0 Å². The van der Waals surface area contributed by atoms with Crippen LogP contribution in [0.2, 0.25) is 0 Å². The van der Waals surface area contributed by atoms with Gasteiger partial charge in [-0.2, -0.15) is 0 Å². The Balaban J connectivity index is 1.37. The van der Waals surface area contributed by atoms with Crippen molar-refractivity contribution in [2.24, 2.45) is 23.0 Å². The molecule has 1 unspecified atom stereocenters. The molecular formula is C25H38N2O3. The van der Waals surface area contributed by atoms with E-state index in [0.717, 1.165) is 36.5 Å². The highest BCUT2D eigenvalue weighted by Gasteiger charge is 2.54. The van der Waals surface area contributed by atoms with Crippen molar-refractivity contribution in [1.29, 1.82) is 0 Å². The third-order valence-electron chi connectivity index (χ3n) is 8.52. The molecule has 3 N–H and O–H groups in total. The molecule has 30 heavy (non-hydrogen) atoms. The number of carbonyl (C=O) groups excluding carboxylic acids is 1. The van der Waals surface area contributed by atoms with E-state index in [4.69, 9.17) is 15.2 Å². The molecule has 2 fully saturated rings. The van der Waals surface area contributed by atoms with Gasteiger partial charge in [-0.3, -0.25) is 4.79 Å². The van der Waals surface area contributed by atoms with Gasteiger partial charge >= 0.3 is 5.97 Å². The minimum absolute atomic E-state index is 0.309. The number of hydrogen-bond donors (Lipinski definition) is 2. The molecule has 0 heterocycles. The van der Waals surface area contributed by atoms with E-state index in [1.54, 1.807) is 12.7 Å². The van der Waals surface area contributed by atoms with Crippen LogP contribution in [0.4, 0.5) is 0 Å². The minimum Gasteiger partial charge on any atom is -0.497 e. The third kappa shape index (κ3) is 3.87. The maximum Gasteiger partial charge on any atom is 0.322 e. The first-order chi connectivity index (χ1) is 14.5. The SMILES string of the molecule is COC(=O)C(N)CCCN[C@H]1CC[C@H]2[C@@H]3CCc4cc(OC)ccc4[C@H]3CC[C@]12C. The minimum atomic E-state index is -0.500. The molecule has 5 nitrogen and oxygen atoms in total. The Morgan fingerprint density at radius 2 is 2.10 bits per heavy atom. The predicted octanol–water partition coefficient (Wildman–Crippen LogP) is 3.79. The fourth-order valence-corrected chi connectivity index (χ4v) is 6.89. The summed E-state index contributed by atoms with van der Waals surface area (Å²) in [6.45, 7) is 3.46. The Morgan fingerprint density at radius 1 is 1.27 bits per heavy atom. The lowest BCUT2D eigenvalue weighted by atomic mass is 9.55. The Kier molecular flexibility index (Phi) is 6.40. The monoisotopic (exact) mass is 414 g/mol. The van der Waals surface area contributed by atoms with E-state index >= 15 is 0 Å². The van der Waals surface area contributed by atoms with Gasteiger partial charge in [0.2, 0.25) is 0 Å². The summed E-state index contributed by atoms with van der Waals surface area (Å²) < 4.78 is 10.2. The van der Waals surface area contributed by atoms with Crippen LogP contribution in [0.25, 0.3) is 0 Å². The average molecular weight is 415 g/mol. The zero-order chi connectivity index (χ0) is 21.3. The topological polar surface area (TPSA) is 73.6 Å². The van der Waals surface area contributed by atoms with Gasteiger partial charge in [-0.15, -0.1) is 0 Å². The van der Waals surface area contributed by atoms with Crippen molar-refractivity contribution < 1.29 is 14.3 Å². The lowest BCUT2D eigenvalue weighted by Gasteiger charge is -2.51. The smallest absolute Gasteiger partial charge is 0.322 e. The van der Waals surface area contributed by atoms with Crippen molar-refractivity contribution in [2.75, 3.05) is 20.8 Å². The summed E-state index contributed by atoms with van der Waals surface area (Å²) in [5.41, 5.74) is 9.35. The van der Waals surface area contributed by atoms with E-state index in [9.17, 15) is 4.79 Å². The number of rotatable bonds is 7. The van der Waals surface area contributed by atoms with Crippen LogP contribution >= 0.6 is 0 Å². The Labute approximate surface area is 181 Å². The number of esters is 1. The molecule has 0 spiro atoms. The molecule has 4 rings (SSSR count). The Hall–Kier alpha value is -1.59. The molecule has 166 valence electrons. The number of carbonyl (C=O) groups is 1. The Morgan fingerprint density at radius 3 is 2.87 bits per heavy atom. The van der Waals surface area contributed by atoms with Gasteiger partial charge in [0.05, 0.1) is 14.2 Å². The molecule has 6 atom stereocenters. The standard InChI is InChI=1S/C25H38N2O3/c1-25-13-12-19-18-9-7-17(29-2)15-16(18)6-8-20(19)21(25)10-11-23(25)27-14-4-5-22(26)24(28)30-3/h7,9,15,19-23,27H,4-6,8,10-14,26H2,1-3H3/t19-,20-,21+,22?,23+,25+/m1/s1. The van der Waals surface area contributed by atoms with Gasteiger partial charge in [0.25, 0.3) is 0 Å². The fourth-order valence-electron chi connectivity index (χ4n) is 6.89. The van der Waals surface area contributed by atoms with Crippen LogP contribution in [0.5, 0.6) is 5.75 Å². The van der Waals surface area contributed by atoms with Crippen LogP contribution in [0.15, 0.2) is 18.2 Å². The van der Waals surface area contributed by atoms with Crippen molar-refractivity contribution in [1.82, 2.24) is 5.32 Å². The zero-order valence-corrected chi connectivity index (χ0v) is 18.8. The molecule has 2 saturated carbocycles. The summed E-state index contributed by atoms with van der Waals surface area (Å²) in [5.74, 6) is 3.02. The van der Waals surface area contributed by atoms with Crippen molar-refractivity contribution >= 4 is 5.97 Å². The fraction of sp³-hybridized carbons (Fsp3) is 0.720. The first-order valence-electron chi connectivity index (χ1n) is 11.7. The van der Waals surface area contributed by atoms with Crippen molar-refractivity contribution in [2.45, 2.75) is 76.3 Å². The third-order valence-corrected chi connectivity index (χ3v) is 8.52. The van der Waals surface area contributed by atoms with Crippen LogP contribution in [0.1, 0.15) is 68.9 Å². The van der Waals surface area contributed by atoms with E-state index in [1.807, 2.05) is 0 Å². The zero-order valence-electron chi connectivity index (χ0n) is 18.8. The van der Waals surface area contributed by atoms with Gasteiger partial charge < -0.3 is 20.5 Å². The Bertz CT molecular complexity index is 767. The van der Waals surface area contributed by atoms with Crippen molar-refractivity contribution in [3.8, 4) is 5.75 Å².